The lowest BCUT2D eigenvalue weighted by Gasteiger charge is -2.23. The molecule has 0 aliphatic carbocycles. The van der Waals surface area contributed by atoms with Gasteiger partial charge >= 0.3 is 17.7 Å². The van der Waals surface area contributed by atoms with Gasteiger partial charge in [-0.2, -0.15) is 14.2 Å². The smallest absolute Gasteiger partial charge is 0.317 e. The lowest BCUT2D eigenvalue weighted by molar-refractivity contribution is -0.647. The van der Waals surface area contributed by atoms with E-state index >= 15 is 0 Å². The third-order valence-corrected chi connectivity index (χ3v) is 27.4. The molecule has 6 amide bonds. The van der Waals surface area contributed by atoms with Crippen LogP contribution in [-0.4, -0.2) is 186 Å². The Morgan fingerprint density at radius 2 is 0.741 bits per heavy atom. The van der Waals surface area contributed by atoms with Gasteiger partial charge in [-0.1, -0.05) is 166 Å². The van der Waals surface area contributed by atoms with Crippen LogP contribution in [0.1, 0.15) is 81.8 Å². The van der Waals surface area contributed by atoms with E-state index in [0.29, 0.717) is 120 Å². The minimum atomic E-state index is -1.51. The van der Waals surface area contributed by atoms with Crippen LogP contribution in [0.5, 0.6) is 0 Å². The second kappa shape index (κ2) is 32.4. The van der Waals surface area contributed by atoms with E-state index in [1.54, 1.807) is 0 Å². The van der Waals surface area contributed by atoms with Crippen LogP contribution in [-0.2, 0) is 0 Å². The number of aromatic nitrogens is 3. The minimum Gasteiger partial charge on any atom is -0.617 e. The highest BCUT2D eigenvalue weighted by Gasteiger charge is 2.36. The highest BCUT2D eigenvalue weighted by Crippen LogP contribution is 2.31. The summed E-state index contributed by atoms with van der Waals surface area (Å²) in [4.78, 5) is 89.0. The maximum atomic E-state index is 14.0. The highest BCUT2D eigenvalue weighted by molar-refractivity contribution is 8.24. The molecule has 0 saturated carbocycles. The number of rotatable bonds is 30. The van der Waals surface area contributed by atoms with Gasteiger partial charge in [0.15, 0.2) is 0 Å². The largest absolute Gasteiger partial charge is 0.617 e. The number of amides is 6. The molecule has 85 heavy (non-hydrogen) atoms. The SMILES string of the molecule is C[Si](C)(C)CCSc1c(C(=O)N2CCSC2=S)ccc(C(=O)NCCCN(CCCNC(=O)c2ccc(C(=O)N3CCSC3=S)c(SCC[Si](C)(C)C)[n+]2[O-])CCCNC(=O)c2ccc(C(=O)N3CCSC3=S)c(SCC[Si](C)(C)C)[n+]2[O-])[n+]1[O-]. The molecule has 3 aliphatic heterocycles. The number of carbonyl (C=O) groups is 6. The molecule has 0 unspecified atom stereocenters. The van der Waals surface area contributed by atoms with Gasteiger partial charge in [0.25, 0.3) is 49.9 Å². The molecule has 464 valence electrons. The first kappa shape index (κ1) is 70.7. The summed E-state index contributed by atoms with van der Waals surface area (Å²) in [7, 11) is -4.52. The van der Waals surface area contributed by atoms with Crippen molar-refractivity contribution in [2.24, 2.45) is 0 Å². The zero-order valence-electron chi connectivity index (χ0n) is 49.8. The molecule has 6 heterocycles. The Morgan fingerprint density at radius 1 is 0.482 bits per heavy atom. The molecule has 3 aromatic rings. The van der Waals surface area contributed by atoms with Crippen molar-refractivity contribution in [3.63, 3.8) is 0 Å². The number of nitrogens with one attached hydrogen (secondary N) is 3. The van der Waals surface area contributed by atoms with Gasteiger partial charge in [-0.3, -0.25) is 43.5 Å². The van der Waals surface area contributed by atoms with Crippen molar-refractivity contribution in [2.75, 3.05) is 93.4 Å². The van der Waals surface area contributed by atoms with Crippen molar-refractivity contribution in [2.45, 2.75) is 111 Å². The number of hydrogen-bond acceptors (Lipinski definition) is 19. The number of thioether (sulfide) groups is 6. The van der Waals surface area contributed by atoms with E-state index in [0.717, 1.165) is 18.1 Å². The van der Waals surface area contributed by atoms with Crippen LogP contribution in [0, 0.1) is 15.6 Å². The van der Waals surface area contributed by atoms with Crippen LogP contribution >= 0.6 is 107 Å². The zero-order chi connectivity index (χ0) is 62.4. The van der Waals surface area contributed by atoms with Gasteiger partial charge in [0, 0.05) is 116 Å². The van der Waals surface area contributed by atoms with Crippen molar-refractivity contribution in [3.8, 4) is 0 Å². The van der Waals surface area contributed by atoms with Crippen molar-refractivity contribution >= 4 is 180 Å². The monoisotopic (exact) mass is 1380 g/mol. The molecule has 3 fully saturated rings. The molecule has 3 aromatic heterocycles. The van der Waals surface area contributed by atoms with E-state index in [1.165, 1.54) is 122 Å². The third kappa shape index (κ3) is 20.6. The number of hydrogen-bond donors (Lipinski definition) is 3. The van der Waals surface area contributed by atoms with Crippen LogP contribution in [0.3, 0.4) is 0 Å². The first-order chi connectivity index (χ1) is 40.1. The van der Waals surface area contributed by atoms with Crippen molar-refractivity contribution in [1.82, 2.24) is 35.6 Å². The molecule has 19 nitrogen and oxygen atoms in total. The van der Waals surface area contributed by atoms with E-state index in [-0.39, 0.29) is 86.2 Å². The fourth-order valence-electron chi connectivity index (χ4n) is 8.61. The standard InChI is InChI=1S/C54H78N10O9S9Si3/c1-83(2,3)34-31-77-49-37(46(68)59-25-28-80-52(59)74)13-16-40(62(49)71)43(65)55-19-10-22-58(23-11-20-56-44(66)41-17-14-38(47(69)60-26-29-81-53(60)75)50(63(41)72)78-32-35-84(4,5)6)24-12-21-57-45(67)42-18-15-39(48(70)61-27-30-82-54(61)76)51(64(42)73)79-33-36-85(7,8)9/h13-18H,10-12,19-36H2,1-9H3,(H,55,65)(H,56,66)(H,57,67). The second-order valence-corrected chi connectivity index (χ2v) is 49.4. The molecule has 3 saturated heterocycles. The number of pyridine rings is 3. The summed E-state index contributed by atoms with van der Waals surface area (Å²) in [6.07, 6.45) is 1.34. The third-order valence-electron chi connectivity index (χ3n) is 13.6. The Kier molecular flexibility index (Phi) is 27.0. The molecule has 0 radical (unpaired) electrons. The fraction of sp³-hybridized carbons (Fsp3) is 0.556. The van der Waals surface area contributed by atoms with Crippen molar-refractivity contribution in [1.29, 1.82) is 0 Å². The summed E-state index contributed by atoms with van der Waals surface area (Å²) in [6.45, 7) is 23.3. The van der Waals surface area contributed by atoms with E-state index < -0.39 is 41.9 Å². The Balaban J connectivity index is 1.14. The maximum absolute atomic E-state index is 14.0. The summed E-state index contributed by atoms with van der Waals surface area (Å²) in [5, 5.41) is 51.2. The molecule has 0 aromatic carbocycles. The van der Waals surface area contributed by atoms with Crippen molar-refractivity contribution < 1.29 is 43.0 Å². The Morgan fingerprint density at radius 3 is 0.965 bits per heavy atom. The van der Waals surface area contributed by atoms with Crippen LogP contribution in [0.15, 0.2) is 51.5 Å². The summed E-state index contributed by atoms with van der Waals surface area (Å²) >= 11 is 24.3. The number of nitrogens with zero attached hydrogens (tertiary/aromatic N) is 7. The van der Waals surface area contributed by atoms with Gasteiger partial charge in [0.1, 0.15) is 29.7 Å². The molecule has 0 bridgehead atoms. The number of carbonyl (C=O) groups excluding carboxylic acids is 6. The highest BCUT2D eigenvalue weighted by atomic mass is 32.2. The van der Waals surface area contributed by atoms with Gasteiger partial charge < -0.3 is 36.5 Å². The van der Waals surface area contributed by atoms with Gasteiger partial charge in [-0.15, -0.1) is 0 Å². The van der Waals surface area contributed by atoms with Gasteiger partial charge in [-0.05, 0) is 75.2 Å². The topological polar surface area (TPSA) is 232 Å². The van der Waals surface area contributed by atoms with Crippen LogP contribution in [0.4, 0.5) is 0 Å². The first-order valence-electron chi connectivity index (χ1n) is 28.3. The molecule has 31 heteroatoms. The predicted octanol–water partition coefficient (Wildman–Crippen LogP) is 8.36. The lowest BCUT2D eigenvalue weighted by Crippen LogP contribution is -2.44. The Bertz CT molecular complexity index is 2710. The predicted molar refractivity (Wildman–Crippen MR) is 368 cm³/mol. The first-order valence-corrected chi connectivity index (χ1v) is 46.5. The van der Waals surface area contributed by atoms with E-state index in [9.17, 15) is 44.4 Å². The summed E-state index contributed by atoms with van der Waals surface area (Å²) in [5.41, 5.74) is 0.170. The second-order valence-electron chi connectivity index (χ2n) is 24.1. The van der Waals surface area contributed by atoms with Crippen molar-refractivity contribution in [3.05, 3.63) is 85.8 Å². The lowest BCUT2D eigenvalue weighted by atomic mass is 10.2. The molecule has 0 spiro atoms. The molecular formula is C54H78N10O9S9Si3. The Hall–Kier alpha value is -3.35. The minimum absolute atomic E-state index is 0.144. The maximum Gasteiger partial charge on any atom is 0.317 e. The molecule has 3 N–H and O–H groups in total. The van der Waals surface area contributed by atoms with Gasteiger partial charge in [0.05, 0.1) is 0 Å². The molecular weight excluding hydrogens is 1310 g/mol. The van der Waals surface area contributed by atoms with E-state index in [4.69, 9.17) is 36.7 Å². The Labute approximate surface area is 544 Å². The summed E-state index contributed by atoms with van der Waals surface area (Å²) in [6, 6.07) is 11.4. The zero-order valence-corrected chi connectivity index (χ0v) is 60.1. The van der Waals surface area contributed by atoms with Gasteiger partial charge in [0.2, 0.25) is 0 Å². The van der Waals surface area contributed by atoms with E-state index in [2.05, 4.69) is 79.8 Å². The summed E-state index contributed by atoms with van der Waals surface area (Å²) < 4.78 is 3.01. The average molecular weight is 1380 g/mol. The van der Waals surface area contributed by atoms with Crippen LogP contribution in [0.2, 0.25) is 77.1 Å². The summed E-state index contributed by atoms with van der Waals surface area (Å²) in [5.74, 6) is 0.912. The molecule has 0 atom stereocenters. The van der Waals surface area contributed by atoms with Crippen LogP contribution < -0.4 is 30.1 Å². The normalized spacial score (nSPS) is 14.9. The van der Waals surface area contributed by atoms with Crippen LogP contribution in [0.25, 0.3) is 0 Å². The van der Waals surface area contributed by atoms with Gasteiger partial charge in [-0.25, -0.2) is 0 Å². The molecule has 3 aliphatic rings. The molecule has 6 rings (SSSR count). The fourth-order valence-corrected chi connectivity index (χ4v) is 23.0. The average Bonchev–Trinajstić information content (AvgIpc) is 2.87. The quantitative estimate of drug-likeness (QED) is 0.0142. The number of thiocarbonyl (C=S) groups is 3. The van der Waals surface area contributed by atoms with E-state index in [1.807, 2.05) is 0 Å².